The van der Waals surface area contributed by atoms with Gasteiger partial charge in [-0.25, -0.2) is 8.42 Å². The van der Waals surface area contributed by atoms with Crippen molar-refractivity contribution in [3.63, 3.8) is 0 Å². The normalized spacial score (nSPS) is 19.1. The molecule has 0 bridgehead atoms. The van der Waals surface area contributed by atoms with E-state index < -0.39 is 10.0 Å². The molecule has 1 aliphatic heterocycles. The highest BCUT2D eigenvalue weighted by atomic mass is 32.2. The molecular formula is C24H30N2O4S. The van der Waals surface area contributed by atoms with E-state index in [1.807, 2.05) is 12.1 Å². The van der Waals surface area contributed by atoms with E-state index in [2.05, 4.69) is 17.4 Å². The number of sulfonamides is 1. The third kappa shape index (κ3) is 4.77. The summed E-state index contributed by atoms with van der Waals surface area (Å²) in [7, 11) is -1.94. The Morgan fingerprint density at radius 2 is 1.90 bits per heavy atom. The van der Waals surface area contributed by atoms with Gasteiger partial charge in [-0.1, -0.05) is 24.3 Å². The van der Waals surface area contributed by atoms with Crippen molar-refractivity contribution in [1.82, 2.24) is 9.62 Å². The fourth-order valence-corrected chi connectivity index (χ4v) is 6.18. The van der Waals surface area contributed by atoms with Crippen LogP contribution in [0, 0.1) is 0 Å². The molecule has 0 radical (unpaired) electrons. The number of carbonyl (C=O) groups excluding carboxylic acids is 1. The minimum Gasteiger partial charge on any atom is -0.496 e. The lowest BCUT2D eigenvalue weighted by molar-refractivity contribution is -0.121. The predicted octanol–water partition coefficient (Wildman–Crippen LogP) is 3.61. The Morgan fingerprint density at radius 3 is 2.68 bits per heavy atom. The van der Waals surface area contributed by atoms with Crippen molar-refractivity contribution in [3.8, 4) is 5.75 Å². The first-order chi connectivity index (χ1) is 15.0. The lowest BCUT2D eigenvalue weighted by Crippen LogP contribution is -2.31. The second-order valence-electron chi connectivity index (χ2n) is 8.30. The molecule has 1 atom stereocenters. The van der Waals surface area contributed by atoms with Crippen molar-refractivity contribution >= 4 is 15.9 Å². The van der Waals surface area contributed by atoms with Crippen molar-refractivity contribution in [2.75, 3.05) is 20.2 Å². The number of carbonyl (C=O) groups is 1. The van der Waals surface area contributed by atoms with Crippen LogP contribution in [0.5, 0.6) is 5.75 Å². The van der Waals surface area contributed by atoms with Gasteiger partial charge in [-0.3, -0.25) is 4.79 Å². The fourth-order valence-electron chi connectivity index (χ4n) is 4.61. The third-order valence-electron chi connectivity index (χ3n) is 6.28. The van der Waals surface area contributed by atoms with Gasteiger partial charge in [0.25, 0.3) is 0 Å². The number of nitrogens with one attached hydrogen (secondary N) is 1. The summed E-state index contributed by atoms with van der Waals surface area (Å²) in [6.45, 7) is 1.13. The Hall–Kier alpha value is -2.38. The zero-order valence-corrected chi connectivity index (χ0v) is 18.8. The highest BCUT2D eigenvalue weighted by Crippen LogP contribution is 2.30. The van der Waals surface area contributed by atoms with Crippen LogP contribution in [0.25, 0.3) is 0 Å². The van der Waals surface area contributed by atoms with Crippen molar-refractivity contribution in [3.05, 3.63) is 59.2 Å². The molecule has 0 spiro atoms. The van der Waals surface area contributed by atoms with Crippen LogP contribution in [0.2, 0.25) is 0 Å². The molecule has 1 amide bonds. The predicted molar refractivity (Wildman–Crippen MR) is 120 cm³/mol. The molecule has 0 unspecified atom stereocenters. The highest BCUT2D eigenvalue weighted by molar-refractivity contribution is 7.89. The van der Waals surface area contributed by atoms with Gasteiger partial charge in [0.2, 0.25) is 15.9 Å². The van der Waals surface area contributed by atoms with Crippen LogP contribution in [-0.2, 0) is 27.7 Å². The number of benzene rings is 2. The molecule has 2 aromatic rings. The van der Waals surface area contributed by atoms with Crippen molar-refractivity contribution in [2.24, 2.45) is 0 Å². The zero-order valence-electron chi connectivity index (χ0n) is 18.0. The molecule has 31 heavy (non-hydrogen) atoms. The lowest BCUT2D eigenvalue weighted by atomic mass is 9.87. The molecule has 2 aliphatic rings. The molecular weight excluding hydrogens is 412 g/mol. The number of hydrogen-bond acceptors (Lipinski definition) is 4. The van der Waals surface area contributed by atoms with E-state index >= 15 is 0 Å². The fraction of sp³-hybridized carbons (Fsp3) is 0.458. The van der Waals surface area contributed by atoms with E-state index in [9.17, 15) is 13.2 Å². The van der Waals surface area contributed by atoms with Crippen molar-refractivity contribution in [1.29, 1.82) is 0 Å². The van der Waals surface area contributed by atoms with E-state index in [0.29, 0.717) is 25.3 Å². The molecule has 1 saturated heterocycles. The van der Waals surface area contributed by atoms with Gasteiger partial charge in [0.15, 0.2) is 0 Å². The Bertz CT molecular complexity index is 1050. The maximum atomic E-state index is 12.9. The van der Waals surface area contributed by atoms with E-state index in [1.54, 1.807) is 25.3 Å². The molecule has 1 aliphatic carbocycles. The Kier molecular flexibility index (Phi) is 6.62. The number of aryl methyl sites for hydroxylation is 2. The zero-order chi connectivity index (χ0) is 21.8. The van der Waals surface area contributed by atoms with E-state index in [0.717, 1.165) is 37.7 Å². The topological polar surface area (TPSA) is 75.7 Å². The first-order valence-corrected chi connectivity index (χ1v) is 12.5. The van der Waals surface area contributed by atoms with Crippen LogP contribution < -0.4 is 10.1 Å². The Labute approximate surface area is 184 Å². The van der Waals surface area contributed by atoms with Crippen LogP contribution in [0.4, 0.5) is 0 Å². The molecule has 4 rings (SSSR count). The van der Waals surface area contributed by atoms with E-state index in [-0.39, 0.29) is 23.3 Å². The Morgan fingerprint density at radius 1 is 1.13 bits per heavy atom. The number of rotatable bonds is 7. The summed E-state index contributed by atoms with van der Waals surface area (Å²) < 4.78 is 32.8. The average molecular weight is 443 g/mol. The van der Waals surface area contributed by atoms with Crippen LogP contribution in [-0.4, -0.2) is 38.8 Å². The van der Waals surface area contributed by atoms with Gasteiger partial charge < -0.3 is 10.1 Å². The molecule has 7 heteroatoms. The van der Waals surface area contributed by atoms with E-state index in [4.69, 9.17) is 4.74 Å². The largest absolute Gasteiger partial charge is 0.496 e. The molecule has 0 saturated carbocycles. The summed E-state index contributed by atoms with van der Waals surface area (Å²) in [4.78, 5) is 13.0. The third-order valence-corrected chi connectivity index (χ3v) is 8.18. The van der Waals surface area contributed by atoms with Crippen LogP contribution in [0.1, 0.15) is 54.8 Å². The summed E-state index contributed by atoms with van der Waals surface area (Å²) in [6, 6.07) is 13.3. The Balaban J connectivity index is 1.45. The van der Waals surface area contributed by atoms with Crippen LogP contribution in [0.15, 0.2) is 47.4 Å². The number of amides is 1. The summed E-state index contributed by atoms with van der Waals surface area (Å²) in [5.74, 6) is 0.577. The average Bonchev–Trinajstić information content (AvgIpc) is 3.34. The van der Waals surface area contributed by atoms with Gasteiger partial charge in [0.1, 0.15) is 5.75 Å². The van der Waals surface area contributed by atoms with Gasteiger partial charge in [0, 0.05) is 19.5 Å². The molecule has 6 nitrogen and oxygen atoms in total. The van der Waals surface area contributed by atoms with Gasteiger partial charge in [-0.05, 0) is 73.4 Å². The monoisotopic (exact) mass is 442 g/mol. The minimum atomic E-state index is -3.50. The molecule has 1 heterocycles. The van der Waals surface area contributed by atoms with Gasteiger partial charge >= 0.3 is 0 Å². The number of nitrogens with zero attached hydrogens (tertiary/aromatic N) is 1. The number of methoxy groups -OCH3 is 1. The first-order valence-electron chi connectivity index (χ1n) is 11.0. The molecule has 0 aromatic heterocycles. The molecule has 1 N–H and O–H groups in total. The van der Waals surface area contributed by atoms with Crippen molar-refractivity contribution < 1.29 is 17.9 Å². The highest BCUT2D eigenvalue weighted by Gasteiger charge is 2.28. The molecule has 2 aromatic carbocycles. The maximum Gasteiger partial charge on any atom is 0.243 e. The number of hydrogen-bond donors (Lipinski definition) is 1. The number of ether oxygens (including phenoxy) is 1. The summed E-state index contributed by atoms with van der Waals surface area (Å²) in [5, 5.41) is 3.17. The quantitative estimate of drug-likeness (QED) is 0.711. The van der Waals surface area contributed by atoms with Gasteiger partial charge in [-0.2, -0.15) is 4.31 Å². The maximum absolute atomic E-state index is 12.9. The summed E-state index contributed by atoms with van der Waals surface area (Å²) >= 11 is 0. The molecule has 166 valence electrons. The standard InChI is InChI=1S/C24H30N2O4S/c1-30-23-13-12-20(31(28,29)26-15-4-5-16-26)17-19(23)11-14-24(27)25-22-10-6-8-18-7-2-3-9-21(18)22/h2-3,7,9,12-13,17,22H,4-6,8,10-11,14-16H2,1H3,(H,25,27)/t22-/m0/s1. The molecule has 1 fully saturated rings. The smallest absolute Gasteiger partial charge is 0.243 e. The van der Waals surface area contributed by atoms with Gasteiger partial charge in [-0.15, -0.1) is 0 Å². The van der Waals surface area contributed by atoms with E-state index in [1.165, 1.54) is 15.4 Å². The van der Waals surface area contributed by atoms with Crippen molar-refractivity contribution in [2.45, 2.75) is 55.9 Å². The second-order valence-corrected chi connectivity index (χ2v) is 10.2. The number of fused-ring (bicyclic) bond motifs is 1. The lowest BCUT2D eigenvalue weighted by Gasteiger charge is -2.26. The SMILES string of the molecule is COc1ccc(S(=O)(=O)N2CCCC2)cc1CCC(=O)N[C@H]1CCCc2ccccc21. The van der Waals surface area contributed by atoms with Gasteiger partial charge in [0.05, 0.1) is 18.0 Å². The summed E-state index contributed by atoms with van der Waals surface area (Å²) in [5.41, 5.74) is 3.25. The van der Waals surface area contributed by atoms with Crippen LogP contribution >= 0.6 is 0 Å². The summed E-state index contributed by atoms with van der Waals surface area (Å²) in [6.07, 6.45) is 5.55. The first kappa shape index (κ1) is 21.8. The minimum absolute atomic E-state index is 0.0310. The second kappa shape index (κ2) is 9.40. The van der Waals surface area contributed by atoms with Crippen LogP contribution in [0.3, 0.4) is 0 Å².